The molecule has 0 N–H and O–H groups in total. The minimum absolute atomic E-state index is 0.0107. The molecule has 0 fully saturated rings. The highest BCUT2D eigenvalue weighted by atomic mass is 28.3. The van der Waals surface area contributed by atoms with Gasteiger partial charge in [-0.3, -0.25) is 0 Å². The van der Waals surface area contributed by atoms with Gasteiger partial charge in [0.25, 0.3) is 6.71 Å². The molecule has 2 nitrogen and oxygen atoms in total. The van der Waals surface area contributed by atoms with Crippen molar-refractivity contribution in [2.75, 3.05) is 9.80 Å². The van der Waals surface area contributed by atoms with E-state index in [4.69, 9.17) is 0 Å². The third kappa shape index (κ3) is 6.33. The Bertz CT molecular complexity index is 2760. The summed E-state index contributed by atoms with van der Waals surface area (Å²) in [4.78, 5) is 5.34. The van der Waals surface area contributed by atoms with Crippen LogP contribution in [-0.4, -0.2) is 14.8 Å². The number of nitrogens with zero attached hydrogens (tertiary/aromatic N) is 2. The van der Waals surface area contributed by atoms with E-state index in [1.54, 1.807) is 0 Å². The zero-order chi connectivity index (χ0) is 44.6. The van der Waals surface area contributed by atoms with Crippen molar-refractivity contribution in [2.45, 2.75) is 112 Å². The lowest BCUT2D eigenvalue weighted by Crippen LogP contribution is -2.88. The fourth-order valence-corrected chi connectivity index (χ4v) is 16.3. The second-order valence-corrected chi connectivity index (χ2v) is 26.5. The SMILES string of the molecule is Cc1cc2c3c(c1)N(c1cccc(C(C)(C)C)c1)c1cc(C(C)(C)C)cc4c1B3c1c(cc(C(C)(C)C)cc1[Si]4(c1ccccc1)c1ccccc1)N2c1cccc(C(C)(C)C)c1. The summed E-state index contributed by atoms with van der Waals surface area (Å²) in [5.41, 5.74) is 18.5. The Morgan fingerprint density at radius 3 is 1.10 bits per heavy atom. The molecule has 10 rings (SSSR count). The molecule has 0 saturated carbocycles. The number of hydrogen-bond donors (Lipinski definition) is 0. The van der Waals surface area contributed by atoms with Gasteiger partial charge < -0.3 is 9.80 Å². The van der Waals surface area contributed by atoms with Gasteiger partial charge in [0, 0.05) is 34.1 Å². The van der Waals surface area contributed by atoms with Gasteiger partial charge in [0.15, 0.2) is 8.07 Å². The van der Waals surface area contributed by atoms with E-state index in [0.29, 0.717) is 0 Å². The van der Waals surface area contributed by atoms with Crippen LogP contribution in [-0.2, 0) is 21.7 Å². The summed E-state index contributed by atoms with van der Waals surface area (Å²) in [6.07, 6.45) is 0. The Balaban J connectivity index is 1.47. The summed E-state index contributed by atoms with van der Waals surface area (Å²) < 4.78 is 0. The molecule has 3 heterocycles. The van der Waals surface area contributed by atoms with Crippen molar-refractivity contribution in [1.29, 1.82) is 0 Å². The summed E-state index contributed by atoms with van der Waals surface area (Å²) in [5, 5.41) is 5.90. The molecular formula is C59H63BN2Si. The molecule has 0 aliphatic carbocycles. The second kappa shape index (κ2) is 14.0. The molecule has 7 aromatic rings. The maximum Gasteiger partial charge on any atom is 0.251 e. The topological polar surface area (TPSA) is 6.48 Å². The number of anilines is 6. The highest BCUT2D eigenvalue weighted by Gasteiger charge is 2.57. The number of benzene rings is 7. The molecule has 3 aliphatic heterocycles. The van der Waals surface area contributed by atoms with Crippen molar-refractivity contribution in [1.82, 2.24) is 0 Å². The molecule has 63 heavy (non-hydrogen) atoms. The first-order valence-corrected chi connectivity index (χ1v) is 25.1. The summed E-state index contributed by atoms with van der Waals surface area (Å²) >= 11 is 0. The normalized spacial score (nSPS) is 15.1. The number of rotatable bonds is 4. The van der Waals surface area contributed by atoms with Crippen molar-refractivity contribution in [3.8, 4) is 0 Å². The lowest BCUT2D eigenvalue weighted by atomic mass is 9.33. The minimum Gasteiger partial charge on any atom is -0.311 e. The van der Waals surface area contributed by atoms with Crippen molar-refractivity contribution < 1.29 is 0 Å². The van der Waals surface area contributed by atoms with Gasteiger partial charge in [-0.15, -0.1) is 0 Å². The van der Waals surface area contributed by atoms with Crippen molar-refractivity contribution in [3.05, 3.63) is 173 Å². The molecule has 316 valence electrons. The molecule has 0 radical (unpaired) electrons. The maximum absolute atomic E-state index is 3.08. The van der Waals surface area contributed by atoms with Gasteiger partial charge >= 0.3 is 0 Å². The summed E-state index contributed by atoms with van der Waals surface area (Å²) in [5.74, 6) is 0. The lowest BCUT2D eigenvalue weighted by molar-refractivity contribution is 0.590. The van der Waals surface area contributed by atoms with Gasteiger partial charge in [-0.25, -0.2) is 0 Å². The molecule has 7 aromatic carbocycles. The highest BCUT2D eigenvalue weighted by molar-refractivity contribution is 7.27. The predicted molar refractivity (Wildman–Crippen MR) is 277 cm³/mol. The van der Waals surface area contributed by atoms with Crippen LogP contribution in [0.2, 0.25) is 0 Å². The first-order valence-electron chi connectivity index (χ1n) is 23.1. The predicted octanol–water partition coefficient (Wildman–Crippen LogP) is 11.0. The molecular weight excluding hydrogens is 776 g/mol. The number of aryl methyl sites for hydroxylation is 1. The van der Waals surface area contributed by atoms with E-state index in [-0.39, 0.29) is 28.4 Å². The zero-order valence-corrected chi connectivity index (χ0v) is 40.8. The smallest absolute Gasteiger partial charge is 0.251 e. The van der Waals surface area contributed by atoms with E-state index in [0.717, 1.165) is 0 Å². The average Bonchev–Trinajstić information content (AvgIpc) is 3.23. The Morgan fingerprint density at radius 1 is 0.365 bits per heavy atom. The maximum atomic E-state index is 2.68. The Labute approximate surface area is 379 Å². The van der Waals surface area contributed by atoms with E-state index >= 15 is 0 Å². The van der Waals surface area contributed by atoms with Gasteiger partial charge in [0.05, 0.1) is 0 Å². The van der Waals surface area contributed by atoms with Crippen molar-refractivity contribution in [2.24, 2.45) is 0 Å². The van der Waals surface area contributed by atoms with Crippen LogP contribution in [0.25, 0.3) is 0 Å². The standard InChI is InChI=1S/C59H63BN2Si/c1-38-30-47-53-48(31-38)62(44-25-21-23-40(33-44)57(5,6)7)50-35-42(59(11,12)13)37-52-55(50)60(53)54-49(61(47)43-24-20-22-39(32-43)56(2,3)4)34-41(58(8,9)10)36-51(54)63(52,45-26-16-14-17-27-45)46-28-18-15-19-29-46/h14-37H,1-13H3. The van der Waals surface area contributed by atoms with E-state index in [9.17, 15) is 0 Å². The molecule has 0 bridgehead atoms. The summed E-state index contributed by atoms with van der Waals surface area (Å²) in [6, 6.07) is 57.7. The van der Waals surface area contributed by atoms with E-state index in [2.05, 4.69) is 245 Å². The molecule has 4 heteroatoms. The van der Waals surface area contributed by atoms with Crippen molar-refractivity contribution >= 4 is 86.0 Å². The van der Waals surface area contributed by atoms with Gasteiger partial charge in [0.2, 0.25) is 0 Å². The van der Waals surface area contributed by atoms with E-state index < -0.39 is 8.07 Å². The third-order valence-corrected chi connectivity index (χ3v) is 19.2. The molecule has 3 aliphatic rings. The molecule has 0 unspecified atom stereocenters. The van der Waals surface area contributed by atoms with Crippen LogP contribution in [0.1, 0.15) is 111 Å². The van der Waals surface area contributed by atoms with Crippen LogP contribution in [0.5, 0.6) is 0 Å². The van der Waals surface area contributed by atoms with Gasteiger partial charge in [-0.2, -0.15) is 0 Å². The number of hydrogen-bond acceptors (Lipinski definition) is 2. The Morgan fingerprint density at radius 2 is 0.730 bits per heavy atom. The van der Waals surface area contributed by atoms with E-state index in [1.165, 1.54) is 99.1 Å². The molecule has 0 saturated heterocycles. The van der Waals surface area contributed by atoms with Crippen LogP contribution >= 0.6 is 0 Å². The van der Waals surface area contributed by atoms with Gasteiger partial charge in [0.1, 0.15) is 0 Å². The van der Waals surface area contributed by atoms with Gasteiger partial charge in [-0.1, -0.05) is 180 Å². The third-order valence-electron chi connectivity index (χ3n) is 14.3. The lowest BCUT2D eigenvalue weighted by Gasteiger charge is -2.52. The van der Waals surface area contributed by atoms with Crippen molar-refractivity contribution in [3.63, 3.8) is 0 Å². The Kier molecular flexibility index (Phi) is 9.18. The summed E-state index contributed by atoms with van der Waals surface area (Å²) in [6.45, 7) is 30.8. The molecule has 0 spiro atoms. The van der Waals surface area contributed by atoms with Crippen LogP contribution in [0.15, 0.2) is 146 Å². The van der Waals surface area contributed by atoms with Crippen LogP contribution in [0.4, 0.5) is 34.1 Å². The van der Waals surface area contributed by atoms with Crippen LogP contribution in [0, 0.1) is 6.92 Å². The zero-order valence-electron chi connectivity index (χ0n) is 39.8. The largest absolute Gasteiger partial charge is 0.311 e. The van der Waals surface area contributed by atoms with Crippen LogP contribution in [0.3, 0.4) is 0 Å². The Hall–Kier alpha value is -5.58. The first kappa shape index (κ1) is 41.4. The second-order valence-electron chi connectivity index (χ2n) is 22.8. The molecule has 0 amide bonds. The fraction of sp³-hybridized carbons (Fsp3) is 0.288. The molecule has 0 atom stereocenters. The van der Waals surface area contributed by atoms with Gasteiger partial charge in [-0.05, 0) is 142 Å². The monoisotopic (exact) mass is 838 g/mol. The highest BCUT2D eigenvalue weighted by Crippen LogP contribution is 2.47. The average molecular weight is 839 g/mol. The van der Waals surface area contributed by atoms with E-state index in [1.807, 2.05) is 0 Å². The molecule has 0 aromatic heterocycles. The fourth-order valence-electron chi connectivity index (χ4n) is 10.9. The quantitative estimate of drug-likeness (QED) is 0.163. The van der Waals surface area contributed by atoms with Crippen LogP contribution < -0.4 is 46.9 Å². The minimum atomic E-state index is -3.08. The summed E-state index contributed by atoms with van der Waals surface area (Å²) in [7, 11) is -3.08. The first-order chi connectivity index (χ1) is 29.7.